The van der Waals surface area contributed by atoms with Gasteiger partial charge in [-0.05, 0) is 18.6 Å². The van der Waals surface area contributed by atoms with E-state index in [0.717, 1.165) is 31.7 Å². The predicted molar refractivity (Wildman–Crippen MR) is 75.2 cm³/mol. The first kappa shape index (κ1) is 13.5. The molecule has 0 aliphatic carbocycles. The van der Waals surface area contributed by atoms with Crippen LogP contribution in [-0.4, -0.2) is 55.2 Å². The summed E-state index contributed by atoms with van der Waals surface area (Å²) in [7, 11) is 0. The zero-order valence-electron chi connectivity index (χ0n) is 11.6. The van der Waals surface area contributed by atoms with E-state index in [0.29, 0.717) is 25.7 Å². The van der Waals surface area contributed by atoms with Crippen LogP contribution in [0.4, 0.5) is 0 Å². The first-order valence-corrected chi connectivity index (χ1v) is 7.30. The fourth-order valence-corrected chi connectivity index (χ4v) is 2.74. The number of nitrogens with one attached hydrogen (secondary N) is 1. The third kappa shape index (κ3) is 3.16. The van der Waals surface area contributed by atoms with E-state index in [4.69, 9.17) is 4.74 Å². The van der Waals surface area contributed by atoms with Crippen molar-refractivity contribution < 1.29 is 9.53 Å². The van der Waals surface area contributed by atoms with E-state index < -0.39 is 0 Å². The van der Waals surface area contributed by atoms with Gasteiger partial charge in [-0.15, -0.1) is 0 Å². The van der Waals surface area contributed by atoms with Crippen LogP contribution in [0, 0.1) is 11.8 Å². The Hall–Kier alpha value is -1.46. The van der Waals surface area contributed by atoms with Gasteiger partial charge in [0.25, 0.3) is 0 Å². The molecule has 1 N–H and O–H groups in total. The molecule has 1 amide bonds. The van der Waals surface area contributed by atoms with Gasteiger partial charge in [-0.2, -0.15) is 0 Å². The fraction of sp³-hybridized carbons (Fsp3) is 0.600. The Labute approximate surface area is 119 Å². The molecule has 1 aromatic rings. The summed E-state index contributed by atoms with van der Waals surface area (Å²) in [6.07, 6.45) is 2.68. The van der Waals surface area contributed by atoms with Crippen LogP contribution in [-0.2, 0) is 16.0 Å². The Morgan fingerprint density at radius 1 is 1.45 bits per heavy atom. The monoisotopic (exact) mass is 275 g/mol. The summed E-state index contributed by atoms with van der Waals surface area (Å²) >= 11 is 0. The molecule has 0 spiro atoms. The number of amides is 1. The van der Waals surface area contributed by atoms with E-state index in [9.17, 15) is 4.79 Å². The van der Waals surface area contributed by atoms with Crippen LogP contribution in [0.5, 0.6) is 0 Å². The van der Waals surface area contributed by atoms with Crippen molar-refractivity contribution in [2.24, 2.45) is 11.8 Å². The Bertz CT molecular complexity index is 448. The van der Waals surface area contributed by atoms with Gasteiger partial charge in [0.05, 0.1) is 19.1 Å². The standard InChI is InChI=1S/C15H21N3O2/c19-15(13-8-16-9-13)18-5-6-20-11-12(10-18)7-14-3-1-2-4-17-14/h1-4,12-13,16H,5-11H2. The number of pyridine rings is 1. The van der Waals surface area contributed by atoms with Crippen LogP contribution >= 0.6 is 0 Å². The van der Waals surface area contributed by atoms with Gasteiger partial charge >= 0.3 is 0 Å². The maximum atomic E-state index is 12.3. The van der Waals surface area contributed by atoms with E-state index in [1.807, 2.05) is 29.3 Å². The molecule has 1 unspecified atom stereocenters. The Balaban J connectivity index is 1.61. The van der Waals surface area contributed by atoms with Crippen molar-refractivity contribution in [3.8, 4) is 0 Å². The van der Waals surface area contributed by atoms with Crippen LogP contribution in [0.3, 0.4) is 0 Å². The molecule has 1 atom stereocenters. The lowest BCUT2D eigenvalue weighted by molar-refractivity contribution is -0.137. The van der Waals surface area contributed by atoms with E-state index in [1.54, 1.807) is 0 Å². The van der Waals surface area contributed by atoms with Crippen LogP contribution < -0.4 is 5.32 Å². The molecule has 20 heavy (non-hydrogen) atoms. The molecular formula is C15H21N3O2. The van der Waals surface area contributed by atoms with Gasteiger partial charge in [0, 0.05) is 44.0 Å². The predicted octanol–water partition coefficient (Wildman–Crippen LogP) is 0.319. The highest BCUT2D eigenvalue weighted by Crippen LogP contribution is 2.16. The third-order valence-electron chi connectivity index (χ3n) is 4.00. The Morgan fingerprint density at radius 2 is 2.35 bits per heavy atom. The maximum absolute atomic E-state index is 12.3. The maximum Gasteiger partial charge on any atom is 0.228 e. The zero-order valence-corrected chi connectivity index (χ0v) is 11.6. The molecule has 0 aromatic carbocycles. The molecule has 1 aromatic heterocycles. The van der Waals surface area contributed by atoms with Gasteiger partial charge in [-0.3, -0.25) is 9.78 Å². The van der Waals surface area contributed by atoms with Crippen molar-refractivity contribution in [2.75, 3.05) is 39.4 Å². The average molecular weight is 275 g/mol. The largest absolute Gasteiger partial charge is 0.379 e. The Morgan fingerprint density at radius 3 is 3.05 bits per heavy atom. The summed E-state index contributed by atoms with van der Waals surface area (Å²) in [5, 5.41) is 3.16. The molecule has 108 valence electrons. The molecule has 5 nitrogen and oxygen atoms in total. The number of aromatic nitrogens is 1. The SMILES string of the molecule is O=C(C1CNC1)N1CCOCC(Cc2ccccn2)C1. The van der Waals surface area contributed by atoms with Gasteiger partial charge in [0.1, 0.15) is 0 Å². The number of nitrogens with zero attached hydrogens (tertiary/aromatic N) is 2. The van der Waals surface area contributed by atoms with Crippen molar-refractivity contribution in [2.45, 2.75) is 6.42 Å². The van der Waals surface area contributed by atoms with E-state index in [-0.39, 0.29) is 11.8 Å². The lowest BCUT2D eigenvalue weighted by Gasteiger charge is -2.32. The molecule has 0 radical (unpaired) electrons. The molecule has 2 fully saturated rings. The molecule has 2 aliphatic rings. The smallest absolute Gasteiger partial charge is 0.228 e. The quantitative estimate of drug-likeness (QED) is 0.863. The minimum absolute atomic E-state index is 0.170. The molecule has 5 heteroatoms. The zero-order chi connectivity index (χ0) is 13.8. The number of rotatable bonds is 3. The minimum Gasteiger partial charge on any atom is -0.379 e. The summed E-state index contributed by atoms with van der Waals surface area (Å²) < 4.78 is 5.65. The fourth-order valence-electron chi connectivity index (χ4n) is 2.74. The topological polar surface area (TPSA) is 54.5 Å². The first-order chi connectivity index (χ1) is 9.83. The lowest BCUT2D eigenvalue weighted by Crippen LogP contribution is -2.53. The Kier molecular flexibility index (Phi) is 4.28. The van der Waals surface area contributed by atoms with Crippen LogP contribution in [0.15, 0.2) is 24.4 Å². The summed E-state index contributed by atoms with van der Waals surface area (Å²) in [4.78, 5) is 18.7. The van der Waals surface area contributed by atoms with Crippen LogP contribution in [0.1, 0.15) is 5.69 Å². The molecular weight excluding hydrogens is 254 g/mol. The highest BCUT2D eigenvalue weighted by Gasteiger charge is 2.31. The molecule has 0 saturated carbocycles. The number of hydrogen-bond acceptors (Lipinski definition) is 4. The van der Waals surface area contributed by atoms with Gasteiger partial charge in [-0.25, -0.2) is 0 Å². The van der Waals surface area contributed by atoms with Crippen molar-refractivity contribution >= 4 is 5.91 Å². The van der Waals surface area contributed by atoms with Gasteiger partial charge in [-0.1, -0.05) is 6.07 Å². The summed E-state index contributed by atoms with van der Waals surface area (Å²) in [5.74, 6) is 0.785. The van der Waals surface area contributed by atoms with Gasteiger partial charge in [0.15, 0.2) is 0 Å². The average Bonchev–Trinajstić information content (AvgIpc) is 2.63. The second-order valence-electron chi connectivity index (χ2n) is 5.61. The van der Waals surface area contributed by atoms with E-state index >= 15 is 0 Å². The molecule has 2 aliphatic heterocycles. The van der Waals surface area contributed by atoms with E-state index in [1.165, 1.54) is 0 Å². The number of carbonyl (C=O) groups is 1. The highest BCUT2D eigenvalue weighted by molar-refractivity contribution is 5.80. The lowest BCUT2D eigenvalue weighted by atomic mass is 9.99. The van der Waals surface area contributed by atoms with Crippen molar-refractivity contribution in [3.05, 3.63) is 30.1 Å². The second-order valence-corrected chi connectivity index (χ2v) is 5.61. The van der Waals surface area contributed by atoms with Crippen LogP contribution in [0.2, 0.25) is 0 Å². The number of ether oxygens (including phenoxy) is 1. The summed E-state index contributed by atoms with van der Waals surface area (Å²) in [5.41, 5.74) is 1.07. The molecule has 0 bridgehead atoms. The highest BCUT2D eigenvalue weighted by atomic mass is 16.5. The summed E-state index contributed by atoms with van der Waals surface area (Å²) in [6.45, 7) is 4.50. The van der Waals surface area contributed by atoms with Crippen molar-refractivity contribution in [3.63, 3.8) is 0 Å². The van der Waals surface area contributed by atoms with Crippen molar-refractivity contribution in [1.29, 1.82) is 0 Å². The third-order valence-corrected chi connectivity index (χ3v) is 4.00. The number of hydrogen-bond donors (Lipinski definition) is 1. The van der Waals surface area contributed by atoms with Crippen LogP contribution in [0.25, 0.3) is 0 Å². The first-order valence-electron chi connectivity index (χ1n) is 7.30. The summed E-state index contributed by atoms with van der Waals surface area (Å²) in [6, 6.07) is 5.96. The van der Waals surface area contributed by atoms with Crippen molar-refractivity contribution in [1.82, 2.24) is 15.2 Å². The normalized spacial score (nSPS) is 24.0. The second kappa shape index (κ2) is 6.33. The van der Waals surface area contributed by atoms with Gasteiger partial charge < -0.3 is 15.0 Å². The number of carbonyl (C=O) groups excluding carboxylic acids is 1. The minimum atomic E-state index is 0.170. The molecule has 2 saturated heterocycles. The molecule has 3 heterocycles. The molecule has 3 rings (SSSR count). The van der Waals surface area contributed by atoms with Gasteiger partial charge in [0.2, 0.25) is 5.91 Å². The van der Waals surface area contributed by atoms with E-state index in [2.05, 4.69) is 10.3 Å².